The van der Waals surface area contributed by atoms with Crippen LogP contribution < -0.4 is 0 Å². The number of nitrogens with one attached hydrogen (secondary N) is 1. The highest BCUT2D eigenvalue weighted by molar-refractivity contribution is 7.99. The van der Waals surface area contributed by atoms with Crippen LogP contribution in [-0.2, 0) is 0 Å². The normalized spacial score (nSPS) is 15.8. The van der Waals surface area contributed by atoms with Crippen molar-refractivity contribution in [1.29, 1.82) is 0 Å². The summed E-state index contributed by atoms with van der Waals surface area (Å²) >= 11 is 1.71. The molecule has 0 spiro atoms. The highest BCUT2D eigenvalue weighted by atomic mass is 32.2. The zero-order chi connectivity index (χ0) is 15.6. The van der Waals surface area contributed by atoms with Gasteiger partial charge in [-0.2, -0.15) is 0 Å². The van der Waals surface area contributed by atoms with Crippen molar-refractivity contribution in [3.63, 3.8) is 0 Å². The van der Waals surface area contributed by atoms with E-state index in [1.165, 1.54) is 26.9 Å². The molecule has 116 valence electrons. The first-order chi connectivity index (χ1) is 11.3. The molecule has 3 aromatic rings. The average molecular weight is 321 g/mol. The van der Waals surface area contributed by atoms with Gasteiger partial charge < -0.3 is 9.88 Å². The first-order valence-electron chi connectivity index (χ1n) is 7.87. The molecule has 2 aromatic heterocycles. The minimum atomic E-state index is 1.03. The second kappa shape index (κ2) is 6.22. The van der Waals surface area contributed by atoms with E-state index >= 15 is 0 Å². The molecular formula is C19H19N3S. The van der Waals surface area contributed by atoms with E-state index in [1.54, 1.807) is 11.8 Å². The van der Waals surface area contributed by atoms with Gasteiger partial charge in [0.2, 0.25) is 0 Å². The van der Waals surface area contributed by atoms with Crippen LogP contribution in [0.2, 0.25) is 0 Å². The molecule has 23 heavy (non-hydrogen) atoms. The number of pyridine rings is 1. The number of rotatable bonds is 3. The summed E-state index contributed by atoms with van der Waals surface area (Å²) in [5, 5.41) is 2.34. The molecule has 3 heterocycles. The largest absolute Gasteiger partial charge is 0.361 e. The fourth-order valence-corrected chi connectivity index (χ4v) is 3.79. The van der Waals surface area contributed by atoms with Gasteiger partial charge in [-0.3, -0.25) is 0 Å². The van der Waals surface area contributed by atoms with Gasteiger partial charge in [0.05, 0.1) is 0 Å². The van der Waals surface area contributed by atoms with Crippen molar-refractivity contribution >= 4 is 28.2 Å². The number of likely N-dealkylation sites (N-methyl/N-ethyl adjacent to an activating group) is 1. The Morgan fingerprint density at radius 1 is 1.22 bits per heavy atom. The van der Waals surface area contributed by atoms with Crippen LogP contribution in [0.15, 0.2) is 64.8 Å². The van der Waals surface area contributed by atoms with Gasteiger partial charge in [-0.25, -0.2) is 4.98 Å². The Morgan fingerprint density at radius 2 is 2.17 bits per heavy atom. The molecule has 0 aliphatic carbocycles. The maximum atomic E-state index is 4.40. The summed E-state index contributed by atoms with van der Waals surface area (Å²) in [6.45, 7) is 2.16. The fraction of sp³-hybridized carbons (Fsp3) is 0.211. The predicted octanol–water partition coefficient (Wildman–Crippen LogP) is 4.43. The summed E-state index contributed by atoms with van der Waals surface area (Å²) in [5.74, 6) is 0. The maximum absolute atomic E-state index is 4.40. The van der Waals surface area contributed by atoms with E-state index in [0.717, 1.165) is 24.5 Å². The summed E-state index contributed by atoms with van der Waals surface area (Å²) in [7, 11) is 2.17. The number of H-pyrrole nitrogens is 1. The molecule has 4 heteroatoms. The van der Waals surface area contributed by atoms with Crippen molar-refractivity contribution in [1.82, 2.24) is 14.9 Å². The molecule has 1 aliphatic rings. The van der Waals surface area contributed by atoms with Gasteiger partial charge in [-0.05, 0) is 49.4 Å². The second-order valence-electron chi connectivity index (χ2n) is 5.92. The molecular weight excluding hydrogens is 302 g/mol. The van der Waals surface area contributed by atoms with Gasteiger partial charge in [0.1, 0.15) is 5.03 Å². The number of aromatic amines is 1. The molecule has 4 rings (SSSR count). The Balaban J connectivity index is 1.69. The molecule has 0 atom stereocenters. The van der Waals surface area contributed by atoms with Gasteiger partial charge >= 0.3 is 0 Å². The predicted molar refractivity (Wildman–Crippen MR) is 96.7 cm³/mol. The van der Waals surface area contributed by atoms with Gasteiger partial charge in [0.15, 0.2) is 0 Å². The lowest BCUT2D eigenvalue weighted by molar-refractivity contribution is 0.370. The highest BCUT2D eigenvalue weighted by Crippen LogP contribution is 2.33. The van der Waals surface area contributed by atoms with Gasteiger partial charge in [0, 0.05) is 46.8 Å². The number of fused-ring (bicyclic) bond motifs is 1. The second-order valence-corrected chi connectivity index (χ2v) is 7.02. The van der Waals surface area contributed by atoms with Crippen molar-refractivity contribution in [3.05, 3.63) is 60.4 Å². The van der Waals surface area contributed by atoms with E-state index < -0.39 is 0 Å². The van der Waals surface area contributed by atoms with Crippen LogP contribution in [0.5, 0.6) is 0 Å². The van der Waals surface area contributed by atoms with Gasteiger partial charge in [-0.1, -0.05) is 23.9 Å². The number of nitrogens with zero attached hydrogens (tertiary/aromatic N) is 2. The number of hydrogen-bond acceptors (Lipinski definition) is 3. The van der Waals surface area contributed by atoms with E-state index in [4.69, 9.17) is 0 Å². The topological polar surface area (TPSA) is 31.9 Å². The molecule has 3 nitrogen and oxygen atoms in total. The van der Waals surface area contributed by atoms with Crippen molar-refractivity contribution < 1.29 is 0 Å². The third-order valence-electron chi connectivity index (χ3n) is 4.27. The zero-order valence-electron chi connectivity index (χ0n) is 13.1. The minimum absolute atomic E-state index is 1.03. The molecule has 1 N–H and O–H groups in total. The smallest absolute Gasteiger partial charge is 0.101 e. The van der Waals surface area contributed by atoms with E-state index in [2.05, 4.69) is 52.4 Å². The molecule has 1 aliphatic heterocycles. The summed E-state index contributed by atoms with van der Waals surface area (Å²) in [4.78, 5) is 11.4. The van der Waals surface area contributed by atoms with Crippen LogP contribution in [0.25, 0.3) is 16.5 Å². The van der Waals surface area contributed by atoms with Gasteiger partial charge in [-0.15, -0.1) is 0 Å². The summed E-state index contributed by atoms with van der Waals surface area (Å²) in [5.41, 5.74) is 4.00. The van der Waals surface area contributed by atoms with E-state index in [1.807, 2.05) is 24.4 Å². The van der Waals surface area contributed by atoms with E-state index in [9.17, 15) is 0 Å². The molecule has 0 amide bonds. The summed E-state index contributed by atoms with van der Waals surface area (Å²) < 4.78 is 0. The number of benzene rings is 1. The van der Waals surface area contributed by atoms with E-state index in [-0.39, 0.29) is 0 Å². The first-order valence-corrected chi connectivity index (χ1v) is 8.69. The van der Waals surface area contributed by atoms with Crippen LogP contribution in [0.1, 0.15) is 12.0 Å². The molecule has 0 fully saturated rings. The van der Waals surface area contributed by atoms with Crippen LogP contribution in [0, 0.1) is 0 Å². The molecule has 0 saturated heterocycles. The fourth-order valence-electron chi connectivity index (χ4n) is 2.97. The average Bonchev–Trinajstić information content (AvgIpc) is 3.00. The van der Waals surface area contributed by atoms with Crippen LogP contribution in [-0.4, -0.2) is 35.0 Å². The highest BCUT2D eigenvalue weighted by Gasteiger charge is 2.14. The summed E-state index contributed by atoms with van der Waals surface area (Å²) in [6.07, 6.45) is 7.45. The third-order valence-corrected chi connectivity index (χ3v) is 5.21. The van der Waals surface area contributed by atoms with Crippen LogP contribution in [0.3, 0.4) is 0 Å². The Morgan fingerprint density at radius 3 is 2.96 bits per heavy atom. The molecule has 0 unspecified atom stereocenters. The lowest BCUT2D eigenvalue weighted by Crippen LogP contribution is -2.23. The molecule has 0 radical (unpaired) electrons. The van der Waals surface area contributed by atoms with E-state index in [0.29, 0.717) is 0 Å². The Hall–Kier alpha value is -2.04. The number of hydrogen-bond donors (Lipinski definition) is 1. The molecule has 0 bridgehead atoms. The molecule has 0 saturated carbocycles. The minimum Gasteiger partial charge on any atom is -0.361 e. The lowest BCUT2D eigenvalue weighted by atomic mass is 9.99. The Bertz CT molecular complexity index is 851. The van der Waals surface area contributed by atoms with Crippen molar-refractivity contribution in [2.24, 2.45) is 0 Å². The number of aromatic nitrogens is 2. The first kappa shape index (κ1) is 14.5. The zero-order valence-corrected chi connectivity index (χ0v) is 13.9. The Kier molecular flexibility index (Phi) is 3.93. The maximum Gasteiger partial charge on any atom is 0.101 e. The lowest BCUT2D eigenvalue weighted by Gasteiger charge is -2.21. The standard InChI is InChI=1S/C19H19N3S/c1-22-10-7-14(8-11-22)17-13-21-18-6-5-15(12-16(17)18)23-19-4-2-3-9-20-19/h2-7,9,12-13,21H,8,10-11H2,1H3. The van der Waals surface area contributed by atoms with Crippen molar-refractivity contribution in [2.75, 3.05) is 20.1 Å². The van der Waals surface area contributed by atoms with Crippen molar-refractivity contribution in [3.8, 4) is 0 Å². The van der Waals surface area contributed by atoms with Gasteiger partial charge in [0.25, 0.3) is 0 Å². The molecule has 1 aromatic carbocycles. The summed E-state index contributed by atoms with van der Waals surface area (Å²) in [6, 6.07) is 12.6. The quantitative estimate of drug-likeness (QED) is 0.774. The van der Waals surface area contributed by atoms with Crippen molar-refractivity contribution in [2.45, 2.75) is 16.3 Å². The monoisotopic (exact) mass is 321 g/mol. The SMILES string of the molecule is CN1CC=C(c2c[nH]c3ccc(Sc4ccccn4)cc23)CC1. The van der Waals surface area contributed by atoms with Crippen LogP contribution >= 0.6 is 11.8 Å². The third kappa shape index (κ3) is 3.05. The Labute approximate surface area is 140 Å². The van der Waals surface area contributed by atoms with Crippen LogP contribution in [0.4, 0.5) is 0 Å².